The average Bonchev–Trinajstić information content (AvgIpc) is 3.23. The number of H-pyrrole nitrogens is 1. The minimum absolute atomic E-state index is 0.147. The number of nitrogens with zero attached hydrogens (tertiary/aromatic N) is 1. The summed E-state index contributed by atoms with van der Waals surface area (Å²) in [5, 5.41) is 1.01. The van der Waals surface area contributed by atoms with Gasteiger partial charge in [0.2, 0.25) is 0 Å². The number of likely N-dealkylation sites (tertiary alicyclic amines) is 1. The molecule has 1 aromatic heterocycles. The molecule has 0 unspecified atom stereocenters. The van der Waals surface area contributed by atoms with Crippen molar-refractivity contribution in [2.75, 3.05) is 13.1 Å². The lowest BCUT2D eigenvalue weighted by Gasteiger charge is -2.16. The molecule has 3 nitrogen and oxygen atoms in total. The van der Waals surface area contributed by atoms with Gasteiger partial charge in [-0.15, -0.1) is 0 Å². The fraction of sp³-hybridized carbons (Fsp3) is 0.211. The van der Waals surface area contributed by atoms with Crippen LogP contribution in [0.3, 0.4) is 0 Å². The number of hydrogen-bond acceptors (Lipinski definition) is 1. The Morgan fingerprint density at radius 2 is 1.59 bits per heavy atom. The molecule has 1 fully saturated rings. The van der Waals surface area contributed by atoms with Gasteiger partial charge in [-0.25, -0.2) is 0 Å². The first-order valence-electron chi connectivity index (χ1n) is 7.80. The van der Waals surface area contributed by atoms with Crippen molar-refractivity contribution < 1.29 is 4.79 Å². The maximum atomic E-state index is 13.0. The Hall–Kier alpha value is -2.55. The van der Waals surface area contributed by atoms with Gasteiger partial charge in [-0.3, -0.25) is 4.79 Å². The molecule has 1 aliphatic heterocycles. The molecule has 1 aliphatic rings. The first-order chi connectivity index (χ1) is 10.8. The molecule has 1 amide bonds. The van der Waals surface area contributed by atoms with E-state index in [4.69, 9.17) is 0 Å². The van der Waals surface area contributed by atoms with E-state index in [0.717, 1.165) is 53.7 Å². The summed E-state index contributed by atoms with van der Waals surface area (Å²) in [5.41, 5.74) is 3.81. The number of amides is 1. The van der Waals surface area contributed by atoms with Crippen LogP contribution in [0.2, 0.25) is 0 Å². The molecule has 1 saturated heterocycles. The van der Waals surface area contributed by atoms with Crippen molar-refractivity contribution in [2.24, 2.45) is 0 Å². The van der Waals surface area contributed by atoms with Crippen LogP contribution in [0.25, 0.3) is 22.2 Å². The van der Waals surface area contributed by atoms with Crippen LogP contribution in [-0.4, -0.2) is 28.9 Å². The van der Waals surface area contributed by atoms with E-state index in [1.165, 1.54) is 0 Å². The number of carbonyl (C=O) groups excluding carboxylic acids is 1. The first kappa shape index (κ1) is 13.1. The van der Waals surface area contributed by atoms with Gasteiger partial charge in [0.05, 0.1) is 11.3 Å². The van der Waals surface area contributed by atoms with Gasteiger partial charge in [0.1, 0.15) is 0 Å². The Balaban J connectivity index is 1.92. The molecular formula is C19H18N2O. The smallest absolute Gasteiger partial charge is 0.256 e. The number of aromatic nitrogens is 1. The van der Waals surface area contributed by atoms with E-state index in [-0.39, 0.29) is 5.91 Å². The summed E-state index contributed by atoms with van der Waals surface area (Å²) in [6.45, 7) is 1.74. The average molecular weight is 290 g/mol. The highest BCUT2D eigenvalue weighted by atomic mass is 16.2. The Morgan fingerprint density at radius 3 is 2.36 bits per heavy atom. The third kappa shape index (κ3) is 2.10. The van der Waals surface area contributed by atoms with Crippen LogP contribution in [0.4, 0.5) is 0 Å². The molecular weight excluding hydrogens is 272 g/mol. The molecule has 0 spiro atoms. The molecule has 0 atom stereocenters. The van der Waals surface area contributed by atoms with E-state index in [2.05, 4.69) is 4.98 Å². The predicted octanol–water partition coefficient (Wildman–Crippen LogP) is 4.07. The minimum atomic E-state index is 0.147. The van der Waals surface area contributed by atoms with E-state index in [0.29, 0.717) is 0 Å². The molecule has 4 rings (SSSR count). The third-order valence-corrected chi connectivity index (χ3v) is 4.38. The molecule has 110 valence electrons. The standard InChI is InChI=1S/C19H18N2O/c22-19(21-12-6-7-13-21)17-15-10-4-5-11-16(15)20-18(17)14-8-2-1-3-9-14/h1-5,8-11,20H,6-7,12-13H2. The molecule has 0 bridgehead atoms. The highest BCUT2D eigenvalue weighted by Crippen LogP contribution is 2.31. The zero-order valence-corrected chi connectivity index (χ0v) is 12.4. The van der Waals surface area contributed by atoms with Gasteiger partial charge in [-0.05, 0) is 24.5 Å². The number of rotatable bonds is 2. The van der Waals surface area contributed by atoms with Crippen molar-refractivity contribution in [3.05, 3.63) is 60.2 Å². The van der Waals surface area contributed by atoms with Gasteiger partial charge in [-0.1, -0.05) is 48.5 Å². The Morgan fingerprint density at radius 1 is 0.909 bits per heavy atom. The molecule has 0 aliphatic carbocycles. The van der Waals surface area contributed by atoms with E-state index < -0.39 is 0 Å². The zero-order chi connectivity index (χ0) is 14.9. The van der Waals surface area contributed by atoms with Gasteiger partial charge < -0.3 is 9.88 Å². The maximum Gasteiger partial charge on any atom is 0.256 e. The Bertz CT molecular complexity index is 814. The van der Waals surface area contributed by atoms with Crippen molar-refractivity contribution in [2.45, 2.75) is 12.8 Å². The van der Waals surface area contributed by atoms with E-state index in [9.17, 15) is 4.79 Å². The molecule has 3 heteroatoms. The van der Waals surface area contributed by atoms with Crippen LogP contribution in [0.15, 0.2) is 54.6 Å². The molecule has 2 heterocycles. The van der Waals surface area contributed by atoms with Crippen molar-refractivity contribution in [1.29, 1.82) is 0 Å². The lowest BCUT2D eigenvalue weighted by atomic mass is 10.0. The summed E-state index contributed by atoms with van der Waals surface area (Å²) in [6, 6.07) is 18.1. The van der Waals surface area contributed by atoms with Crippen LogP contribution in [0.1, 0.15) is 23.2 Å². The second kappa shape index (κ2) is 5.34. The van der Waals surface area contributed by atoms with Crippen molar-refractivity contribution in [3.63, 3.8) is 0 Å². The number of aromatic amines is 1. The summed E-state index contributed by atoms with van der Waals surface area (Å²) in [6.07, 6.45) is 2.21. The van der Waals surface area contributed by atoms with E-state index >= 15 is 0 Å². The van der Waals surface area contributed by atoms with Crippen LogP contribution >= 0.6 is 0 Å². The maximum absolute atomic E-state index is 13.0. The highest BCUT2D eigenvalue weighted by Gasteiger charge is 2.25. The minimum Gasteiger partial charge on any atom is -0.354 e. The van der Waals surface area contributed by atoms with Crippen molar-refractivity contribution in [1.82, 2.24) is 9.88 Å². The lowest BCUT2D eigenvalue weighted by Crippen LogP contribution is -2.27. The van der Waals surface area contributed by atoms with E-state index in [1.807, 2.05) is 59.5 Å². The second-order valence-corrected chi connectivity index (χ2v) is 5.79. The van der Waals surface area contributed by atoms with Crippen LogP contribution < -0.4 is 0 Å². The molecule has 0 radical (unpaired) electrons. The Kier molecular flexibility index (Phi) is 3.19. The van der Waals surface area contributed by atoms with Crippen LogP contribution in [-0.2, 0) is 0 Å². The monoisotopic (exact) mass is 290 g/mol. The number of para-hydroxylation sites is 1. The number of nitrogens with one attached hydrogen (secondary N) is 1. The quantitative estimate of drug-likeness (QED) is 0.758. The van der Waals surface area contributed by atoms with Gasteiger partial charge in [-0.2, -0.15) is 0 Å². The summed E-state index contributed by atoms with van der Waals surface area (Å²) >= 11 is 0. The summed E-state index contributed by atoms with van der Waals surface area (Å²) < 4.78 is 0. The zero-order valence-electron chi connectivity index (χ0n) is 12.4. The lowest BCUT2D eigenvalue weighted by molar-refractivity contribution is 0.0795. The molecule has 3 aromatic rings. The van der Waals surface area contributed by atoms with Gasteiger partial charge in [0.25, 0.3) is 5.91 Å². The number of benzene rings is 2. The van der Waals surface area contributed by atoms with Crippen molar-refractivity contribution >= 4 is 16.8 Å². The van der Waals surface area contributed by atoms with E-state index in [1.54, 1.807) is 0 Å². The normalized spacial score (nSPS) is 14.6. The van der Waals surface area contributed by atoms with Crippen LogP contribution in [0.5, 0.6) is 0 Å². The Labute approximate surface area is 129 Å². The first-order valence-corrected chi connectivity index (χ1v) is 7.80. The SMILES string of the molecule is O=C(c1c(-c2ccccc2)[nH]c2ccccc12)N1CCCC1. The van der Waals surface area contributed by atoms with Crippen LogP contribution in [0, 0.1) is 0 Å². The van der Waals surface area contributed by atoms with Crippen molar-refractivity contribution in [3.8, 4) is 11.3 Å². The number of fused-ring (bicyclic) bond motifs is 1. The molecule has 2 aromatic carbocycles. The highest BCUT2D eigenvalue weighted by molar-refractivity contribution is 6.12. The van der Waals surface area contributed by atoms with Gasteiger partial charge >= 0.3 is 0 Å². The molecule has 0 saturated carbocycles. The molecule has 1 N–H and O–H groups in total. The fourth-order valence-corrected chi connectivity index (χ4v) is 3.26. The summed E-state index contributed by atoms with van der Waals surface area (Å²) in [4.78, 5) is 18.4. The number of carbonyl (C=O) groups is 1. The van der Waals surface area contributed by atoms with Gasteiger partial charge in [0, 0.05) is 24.0 Å². The summed E-state index contributed by atoms with van der Waals surface area (Å²) in [5.74, 6) is 0.147. The third-order valence-electron chi connectivity index (χ3n) is 4.38. The topological polar surface area (TPSA) is 36.1 Å². The molecule has 22 heavy (non-hydrogen) atoms. The fourth-order valence-electron chi connectivity index (χ4n) is 3.26. The summed E-state index contributed by atoms with van der Waals surface area (Å²) in [7, 11) is 0. The number of hydrogen-bond donors (Lipinski definition) is 1. The van der Waals surface area contributed by atoms with Gasteiger partial charge in [0.15, 0.2) is 0 Å². The second-order valence-electron chi connectivity index (χ2n) is 5.79. The largest absolute Gasteiger partial charge is 0.354 e. The predicted molar refractivity (Wildman–Crippen MR) is 88.9 cm³/mol.